The van der Waals surface area contributed by atoms with Gasteiger partial charge in [0.1, 0.15) is 11.5 Å². The zero-order valence-electron chi connectivity index (χ0n) is 20.0. The first kappa shape index (κ1) is 24.3. The number of aromatic nitrogens is 2. The summed E-state index contributed by atoms with van der Waals surface area (Å²) < 4.78 is 0. The molecule has 1 amide bonds. The molecule has 1 aromatic heterocycles. The number of aliphatic hydroxyl groups excluding tert-OH is 1. The van der Waals surface area contributed by atoms with Crippen molar-refractivity contribution in [2.45, 2.75) is 25.1 Å². The van der Waals surface area contributed by atoms with Crippen LogP contribution in [0.4, 0.5) is 11.8 Å². The number of rotatable bonds is 11. The molecule has 0 aliphatic carbocycles. The van der Waals surface area contributed by atoms with Gasteiger partial charge in [0.25, 0.3) is 5.91 Å². The van der Waals surface area contributed by atoms with Crippen molar-refractivity contribution in [2.24, 2.45) is 0 Å². The number of nitrogens with zero attached hydrogens (tertiary/aromatic N) is 4. The van der Waals surface area contributed by atoms with E-state index in [9.17, 15) is 9.90 Å². The van der Waals surface area contributed by atoms with Gasteiger partial charge in [0.2, 0.25) is 5.95 Å². The van der Waals surface area contributed by atoms with E-state index in [-0.39, 0.29) is 24.2 Å². The summed E-state index contributed by atoms with van der Waals surface area (Å²) in [5, 5.41) is 23.1. The highest BCUT2D eigenvalue weighted by atomic mass is 16.3. The fraction of sp³-hybridized carbons (Fsp3) is 0.542. The van der Waals surface area contributed by atoms with Gasteiger partial charge in [-0.2, -0.15) is 4.98 Å². The van der Waals surface area contributed by atoms with Crippen LogP contribution in [0.2, 0.25) is 0 Å². The fourth-order valence-corrected chi connectivity index (χ4v) is 4.15. The molecule has 1 unspecified atom stereocenters. The zero-order chi connectivity index (χ0) is 23.9. The smallest absolute Gasteiger partial charge is 0.270 e. The highest BCUT2D eigenvalue weighted by Gasteiger charge is 2.21. The van der Waals surface area contributed by atoms with Crippen LogP contribution < -0.4 is 26.2 Å². The van der Waals surface area contributed by atoms with Crippen LogP contribution in [0.3, 0.4) is 0 Å². The second kappa shape index (κ2) is 11.6. The molecule has 3 heterocycles. The molecule has 0 spiro atoms. The normalized spacial score (nSPS) is 16.9. The molecule has 10 nitrogen and oxygen atoms in total. The standard InChI is InChI=1S/C24H36N8O2/c1-25-8-10-31(2)24-29-21(11-22(30-24)28-19-12-26-13-19)23(34)27-14-20(33)16-32-9-7-17-5-3-4-6-18(17)15-32/h3-6,11,19-20,25-26,33H,7-10,12-16H2,1-2H3,(H,27,34)(H,28,29,30). The number of fused-ring (bicyclic) bond motifs is 1. The van der Waals surface area contributed by atoms with Gasteiger partial charge in [-0.1, -0.05) is 24.3 Å². The number of carbonyl (C=O) groups excluding carboxylic acids is 1. The third-order valence-electron chi connectivity index (χ3n) is 6.30. The summed E-state index contributed by atoms with van der Waals surface area (Å²) in [5.74, 6) is 0.805. The van der Waals surface area contributed by atoms with E-state index in [0.717, 1.165) is 39.1 Å². The summed E-state index contributed by atoms with van der Waals surface area (Å²) in [6.07, 6.45) is 0.319. The van der Waals surface area contributed by atoms with Crippen LogP contribution in [-0.4, -0.2) is 97.9 Å². The van der Waals surface area contributed by atoms with E-state index in [1.807, 2.05) is 19.0 Å². The fourth-order valence-electron chi connectivity index (χ4n) is 4.15. The largest absolute Gasteiger partial charge is 0.390 e. The average Bonchev–Trinajstić information content (AvgIpc) is 2.83. The van der Waals surface area contributed by atoms with E-state index in [0.29, 0.717) is 24.9 Å². The predicted molar refractivity (Wildman–Crippen MR) is 133 cm³/mol. The number of anilines is 2. The predicted octanol–water partition coefficient (Wildman–Crippen LogP) is -0.335. The molecule has 4 rings (SSSR count). The molecule has 34 heavy (non-hydrogen) atoms. The molecular formula is C24H36N8O2. The van der Waals surface area contributed by atoms with Crippen LogP contribution in [0.25, 0.3) is 0 Å². The summed E-state index contributed by atoms with van der Waals surface area (Å²) in [5.41, 5.74) is 2.97. The van der Waals surface area contributed by atoms with Gasteiger partial charge >= 0.3 is 0 Å². The van der Waals surface area contributed by atoms with Crippen molar-refractivity contribution in [3.8, 4) is 0 Å². The second-order valence-electron chi connectivity index (χ2n) is 9.08. The van der Waals surface area contributed by atoms with Crippen molar-refractivity contribution < 1.29 is 9.90 Å². The Morgan fingerprint density at radius 2 is 2.09 bits per heavy atom. The molecule has 0 saturated carbocycles. The quantitative estimate of drug-likeness (QED) is 0.302. The topological polar surface area (TPSA) is 118 Å². The Balaban J connectivity index is 1.35. The van der Waals surface area contributed by atoms with E-state index in [1.165, 1.54) is 11.1 Å². The van der Waals surface area contributed by atoms with Crippen LogP contribution in [0.15, 0.2) is 30.3 Å². The lowest BCUT2D eigenvalue weighted by Gasteiger charge is -2.30. The van der Waals surface area contributed by atoms with E-state index in [2.05, 4.69) is 60.4 Å². The Morgan fingerprint density at radius 1 is 1.29 bits per heavy atom. The first-order valence-electron chi connectivity index (χ1n) is 12.0. The average molecular weight is 469 g/mol. The third-order valence-corrected chi connectivity index (χ3v) is 6.30. The van der Waals surface area contributed by atoms with Crippen LogP contribution >= 0.6 is 0 Å². The molecule has 2 aliphatic rings. The number of benzene rings is 1. The number of nitrogens with one attached hydrogen (secondary N) is 4. The number of hydrogen-bond donors (Lipinski definition) is 5. The highest BCUT2D eigenvalue weighted by Crippen LogP contribution is 2.18. The second-order valence-corrected chi connectivity index (χ2v) is 9.08. The summed E-state index contributed by atoms with van der Waals surface area (Å²) in [7, 11) is 3.80. The van der Waals surface area contributed by atoms with Crippen LogP contribution in [0.1, 0.15) is 21.6 Å². The summed E-state index contributed by atoms with van der Waals surface area (Å²) in [6.45, 7) is 5.62. The summed E-state index contributed by atoms with van der Waals surface area (Å²) in [6, 6.07) is 10.4. The van der Waals surface area contributed by atoms with Gasteiger partial charge in [0.15, 0.2) is 0 Å². The van der Waals surface area contributed by atoms with Gasteiger partial charge in [-0.15, -0.1) is 0 Å². The van der Waals surface area contributed by atoms with Gasteiger partial charge in [-0.25, -0.2) is 4.98 Å². The minimum absolute atomic E-state index is 0.168. The first-order chi connectivity index (χ1) is 16.5. The highest BCUT2D eigenvalue weighted by molar-refractivity contribution is 5.93. The Bertz CT molecular complexity index is 968. The van der Waals surface area contributed by atoms with Crippen molar-refractivity contribution >= 4 is 17.7 Å². The lowest BCUT2D eigenvalue weighted by atomic mass is 10.00. The molecule has 2 aliphatic heterocycles. The Morgan fingerprint density at radius 3 is 2.82 bits per heavy atom. The molecule has 1 aromatic carbocycles. The Hall–Kier alpha value is -2.79. The lowest BCUT2D eigenvalue weighted by molar-refractivity contribution is 0.0838. The Kier molecular flexibility index (Phi) is 8.28. The molecule has 1 fully saturated rings. The van der Waals surface area contributed by atoms with Gasteiger partial charge in [-0.3, -0.25) is 9.69 Å². The van der Waals surface area contributed by atoms with E-state index >= 15 is 0 Å². The van der Waals surface area contributed by atoms with Gasteiger partial charge in [0, 0.05) is 65.5 Å². The van der Waals surface area contributed by atoms with Gasteiger partial charge in [-0.05, 0) is 24.6 Å². The van der Waals surface area contributed by atoms with Crippen molar-refractivity contribution in [3.63, 3.8) is 0 Å². The summed E-state index contributed by atoms with van der Waals surface area (Å²) in [4.78, 5) is 26.1. The van der Waals surface area contributed by atoms with E-state index in [1.54, 1.807) is 6.07 Å². The molecular weight excluding hydrogens is 432 g/mol. The molecule has 1 saturated heterocycles. The van der Waals surface area contributed by atoms with Crippen molar-refractivity contribution in [1.82, 2.24) is 30.8 Å². The third kappa shape index (κ3) is 6.41. The maximum atomic E-state index is 12.9. The Labute approximate surface area is 201 Å². The number of likely N-dealkylation sites (N-methyl/N-ethyl adjacent to an activating group) is 2. The minimum atomic E-state index is -0.660. The first-order valence-corrected chi connectivity index (χ1v) is 12.0. The van der Waals surface area contributed by atoms with Crippen molar-refractivity contribution in [3.05, 3.63) is 47.2 Å². The molecule has 0 radical (unpaired) electrons. The molecule has 5 N–H and O–H groups in total. The maximum Gasteiger partial charge on any atom is 0.270 e. The van der Waals surface area contributed by atoms with Gasteiger partial charge < -0.3 is 31.3 Å². The molecule has 2 aromatic rings. The number of aliphatic hydroxyl groups is 1. The monoisotopic (exact) mass is 468 g/mol. The molecule has 10 heteroatoms. The minimum Gasteiger partial charge on any atom is -0.390 e. The van der Waals surface area contributed by atoms with Crippen LogP contribution in [-0.2, 0) is 13.0 Å². The van der Waals surface area contributed by atoms with Gasteiger partial charge in [0.05, 0.1) is 12.1 Å². The van der Waals surface area contributed by atoms with Crippen LogP contribution in [0, 0.1) is 0 Å². The van der Waals surface area contributed by atoms with Crippen molar-refractivity contribution in [1.29, 1.82) is 0 Å². The molecule has 0 bridgehead atoms. The van der Waals surface area contributed by atoms with E-state index in [4.69, 9.17) is 0 Å². The number of hydrogen-bond acceptors (Lipinski definition) is 9. The van der Waals surface area contributed by atoms with Crippen molar-refractivity contribution in [2.75, 3.05) is 70.1 Å². The number of carbonyl (C=O) groups is 1. The molecule has 184 valence electrons. The zero-order valence-corrected chi connectivity index (χ0v) is 20.0. The maximum absolute atomic E-state index is 12.9. The lowest BCUT2D eigenvalue weighted by Crippen LogP contribution is -2.51. The van der Waals surface area contributed by atoms with Crippen LogP contribution in [0.5, 0.6) is 0 Å². The SMILES string of the molecule is CNCCN(C)c1nc(NC2CNC2)cc(C(=O)NCC(O)CN2CCc3ccccc3C2)n1. The molecule has 1 atom stereocenters. The number of β-amino-alcohol motifs (C(OH)–C–C–N with tert-alkyl or cyclic N) is 1. The summed E-state index contributed by atoms with van der Waals surface area (Å²) >= 11 is 0. The number of amides is 1. The van der Waals surface area contributed by atoms with E-state index < -0.39 is 6.10 Å².